The molecule has 0 saturated carbocycles. The van der Waals surface area contributed by atoms with Crippen LogP contribution in [0.3, 0.4) is 0 Å². The molecule has 94 valence electrons. The maximum atomic E-state index is 11.7. The molecule has 8 heteroatoms. The average Bonchev–Trinajstić information content (AvgIpc) is 2.70. The maximum absolute atomic E-state index is 11.7. The molecule has 0 spiro atoms. The summed E-state index contributed by atoms with van der Waals surface area (Å²) in [5, 5.41) is 12.6. The molecule has 2 aromatic rings. The highest BCUT2D eigenvalue weighted by Crippen LogP contribution is 2.14. The van der Waals surface area contributed by atoms with Gasteiger partial charge in [0.1, 0.15) is 11.6 Å². The molecule has 2 heterocycles. The van der Waals surface area contributed by atoms with Gasteiger partial charge in [-0.05, 0) is 0 Å². The minimum absolute atomic E-state index is 0.0462. The van der Waals surface area contributed by atoms with E-state index in [9.17, 15) is 9.59 Å². The van der Waals surface area contributed by atoms with E-state index in [0.29, 0.717) is 5.56 Å². The summed E-state index contributed by atoms with van der Waals surface area (Å²) >= 11 is 0. The number of hydrogen-bond acceptors (Lipinski definition) is 5. The molecule has 0 aliphatic heterocycles. The Balaban J connectivity index is 2.48. The number of carbonyl (C=O) groups is 1. The van der Waals surface area contributed by atoms with Gasteiger partial charge in [-0.1, -0.05) is 0 Å². The number of nitrogen functional groups attached to an aromatic ring is 1. The number of H-pyrrole nitrogens is 1. The molecule has 18 heavy (non-hydrogen) atoms. The number of hydrogen-bond donors (Lipinski definition) is 3. The van der Waals surface area contributed by atoms with Gasteiger partial charge in [0.25, 0.3) is 5.56 Å². The largest absolute Gasteiger partial charge is 0.481 e. The van der Waals surface area contributed by atoms with Crippen LogP contribution < -0.4 is 11.3 Å². The number of aliphatic carboxylic acids is 1. The summed E-state index contributed by atoms with van der Waals surface area (Å²) in [4.78, 5) is 28.8. The molecule has 0 aliphatic carbocycles. The van der Waals surface area contributed by atoms with E-state index in [4.69, 9.17) is 10.8 Å². The molecule has 8 nitrogen and oxygen atoms in total. The van der Waals surface area contributed by atoms with Gasteiger partial charge in [0, 0.05) is 13.2 Å². The van der Waals surface area contributed by atoms with Crippen LogP contribution in [0.1, 0.15) is 5.56 Å². The van der Waals surface area contributed by atoms with Crippen LogP contribution in [-0.2, 0) is 18.3 Å². The lowest BCUT2D eigenvalue weighted by Crippen LogP contribution is -2.20. The molecule has 0 amide bonds. The lowest BCUT2D eigenvalue weighted by Gasteiger charge is -2.03. The minimum Gasteiger partial charge on any atom is -0.481 e. The van der Waals surface area contributed by atoms with Crippen molar-refractivity contribution in [3.8, 4) is 11.4 Å². The first kappa shape index (κ1) is 11.8. The predicted molar refractivity (Wildman–Crippen MR) is 62.8 cm³/mol. The highest BCUT2D eigenvalue weighted by atomic mass is 16.4. The zero-order chi connectivity index (χ0) is 13.3. The van der Waals surface area contributed by atoms with Crippen LogP contribution in [0.15, 0.2) is 17.2 Å². The number of nitrogens with two attached hydrogens (primary N) is 1. The summed E-state index contributed by atoms with van der Waals surface area (Å²) in [6.45, 7) is 0. The normalized spacial score (nSPS) is 10.5. The number of anilines is 1. The monoisotopic (exact) mass is 249 g/mol. The second kappa shape index (κ2) is 4.32. The van der Waals surface area contributed by atoms with E-state index in [0.717, 1.165) is 0 Å². The Bertz CT molecular complexity index is 658. The van der Waals surface area contributed by atoms with Crippen molar-refractivity contribution in [1.29, 1.82) is 0 Å². The fourth-order valence-corrected chi connectivity index (χ4v) is 1.52. The number of carboxylic acid groups (broad SMARTS) is 1. The molecule has 2 rings (SSSR count). The van der Waals surface area contributed by atoms with E-state index in [1.54, 1.807) is 17.9 Å². The molecular weight excluding hydrogens is 238 g/mol. The molecule has 0 radical (unpaired) electrons. The number of aryl methyl sites for hydroxylation is 1. The topological polar surface area (TPSA) is 127 Å². The van der Waals surface area contributed by atoms with Crippen molar-refractivity contribution in [2.45, 2.75) is 6.42 Å². The summed E-state index contributed by atoms with van der Waals surface area (Å²) in [6, 6.07) is 0. The van der Waals surface area contributed by atoms with Crippen molar-refractivity contribution < 1.29 is 9.90 Å². The van der Waals surface area contributed by atoms with E-state index in [1.165, 1.54) is 6.20 Å². The van der Waals surface area contributed by atoms with E-state index in [2.05, 4.69) is 15.1 Å². The summed E-state index contributed by atoms with van der Waals surface area (Å²) in [5.74, 6) is -0.956. The molecular formula is C10H11N5O3. The van der Waals surface area contributed by atoms with E-state index >= 15 is 0 Å². The summed E-state index contributed by atoms with van der Waals surface area (Å²) < 4.78 is 1.55. The Morgan fingerprint density at radius 1 is 1.61 bits per heavy atom. The molecule has 0 fully saturated rings. The standard InChI is InChI=1S/C10H11N5O3/c1-15-4-5(3-12-15)9-13-8(11)6(2-7(16)17)10(18)14-9/h3-4H,2H2,1H3,(H,16,17)(H3,11,13,14,18). The summed E-state index contributed by atoms with van der Waals surface area (Å²) in [7, 11) is 1.73. The minimum atomic E-state index is -1.14. The van der Waals surface area contributed by atoms with Gasteiger partial charge in [-0.2, -0.15) is 5.10 Å². The Labute approximate surface area is 101 Å². The molecule has 0 aliphatic rings. The van der Waals surface area contributed by atoms with Gasteiger partial charge in [-0.25, -0.2) is 4.98 Å². The van der Waals surface area contributed by atoms with Crippen LogP contribution in [-0.4, -0.2) is 30.8 Å². The van der Waals surface area contributed by atoms with Gasteiger partial charge in [0.2, 0.25) is 0 Å². The quantitative estimate of drug-likeness (QED) is 0.665. The SMILES string of the molecule is Cn1cc(-c2nc(N)c(CC(=O)O)c(=O)[nH]2)cn1. The van der Waals surface area contributed by atoms with Gasteiger partial charge >= 0.3 is 5.97 Å². The maximum Gasteiger partial charge on any atom is 0.308 e. The Morgan fingerprint density at radius 3 is 2.83 bits per heavy atom. The molecule has 0 atom stereocenters. The first-order chi connectivity index (χ1) is 8.47. The Kier molecular flexibility index (Phi) is 2.84. The molecule has 0 bridgehead atoms. The summed E-state index contributed by atoms with van der Waals surface area (Å²) in [5.41, 5.74) is 5.59. The number of nitrogens with one attached hydrogen (secondary N) is 1. The lowest BCUT2D eigenvalue weighted by molar-refractivity contribution is -0.136. The number of nitrogens with zero attached hydrogens (tertiary/aromatic N) is 3. The smallest absolute Gasteiger partial charge is 0.308 e. The van der Waals surface area contributed by atoms with Crippen molar-refractivity contribution in [3.05, 3.63) is 28.3 Å². The van der Waals surface area contributed by atoms with Gasteiger partial charge < -0.3 is 15.8 Å². The third kappa shape index (κ3) is 2.21. The van der Waals surface area contributed by atoms with E-state index in [1.807, 2.05) is 0 Å². The second-order valence-electron chi connectivity index (χ2n) is 3.75. The fraction of sp³-hybridized carbons (Fsp3) is 0.200. The van der Waals surface area contributed by atoms with Gasteiger partial charge in [0.15, 0.2) is 0 Å². The van der Waals surface area contributed by atoms with Crippen LogP contribution in [0.2, 0.25) is 0 Å². The number of aromatic amines is 1. The van der Waals surface area contributed by atoms with E-state index < -0.39 is 17.9 Å². The van der Waals surface area contributed by atoms with Crippen LogP contribution in [0.5, 0.6) is 0 Å². The molecule has 2 aromatic heterocycles. The van der Waals surface area contributed by atoms with Crippen LogP contribution in [0.25, 0.3) is 11.4 Å². The van der Waals surface area contributed by atoms with Gasteiger partial charge in [-0.15, -0.1) is 0 Å². The lowest BCUT2D eigenvalue weighted by atomic mass is 10.2. The third-order valence-electron chi connectivity index (χ3n) is 2.35. The van der Waals surface area contributed by atoms with Gasteiger partial charge in [0.05, 0.1) is 23.7 Å². The number of rotatable bonds is 3. The number of aromatic nitrogens is 4. The average molecular weight is 249 g/mol. The van der Waals surface area contributed by atoms with Crippen molar-refractivity contribution in [3.63, 3.8) is 0 Å². The molecule has 0 saturated heterocycles. The zero-order valence-electron chi connectivity index (χ0n) is 9.54. The molecule has 4 N–H and O–H groups in total. The summed E-state index contributed by atoms with van der Waals surface area (Å²) in [6.07, 6.45) is 2.73. The first-order valence-electron chi connectivity index (χ1n) is 5.07. The second-order valence-corrected chi connectivity index (χ2v) is 3.75. The number of carboxylic acids is 1. The third-order valence-corrected chi connectivity index (χ3v) is 2.35. The van der Waals surface area contributed by atoms with Crippen LogP contribution >= 0.6 is 0 Å². The predicted octanol–water partition coefficient (Wildman–Crippen LogP) is -0.620. The van der Waals surface area contributed by atoms with Crippen molar-refractivity contribution in [2.24, 2.45) is 7.05 Å². The highest BCUT2D eigenvalue weighted by molar-refractivity contribution is 5.72. The zero-order valence-corrected chi connectivity index (χ0v) is 9.54. The van der Waals surface area contributed by atoms with Crippen molar-refractivity contribution in [2.75, 3.05) is 5.73 Å². The van der Waals surface area contributed by atoms with Crippen molar-refractivity contribution in [1.82, 2.24) is 19.7 Å². The Hall–Kier alpha value is -2.64. The van der Waals surface area contributed by atoms with Gasteiger partial charge in [-0.3, -0.25) is 14.3 Å². The van der Waals surface area contributed by atoms with Crippen LogP contribution in [0, 0.1) is 0 Å². The first-order valence-corrected chi connectivity index (χ1v) is 5.07. The molecule has 0 unspecified atom stereocenters. The highest BCUT2D eigenvalue weighted by Gasteiger charge is 2.13. The van der Waals surface area contributed by atoms with E-state index in [-0.39, 0.29) is 17.2 Å². The fourth-order valence-electron chi connectivity index (χ4n) is 1.52. The van der Waals surface area contributed by atoms with Crippen molar-refractivity contribution >= 4 is 11.8 Å². The van der Waals surface area contributed by atoms with Crippen LogP contribution in [0.4, 0.5) is 5.82 Å². The Morgan fingerprint density at radius 2 is 2.33 bits per heavy atom. The molecule has 0 aromatic carbocycles.